The van der Waals surface area contributed by atoms with Gasteiger partial charge < -0.3 is 14.6 Å². The van der Waals surface area contributed by atoms with Gasteiger partial charge in [-0.25, -0.2) is 13.2 Å². The van der Waals surface area contributed by atoms with Gasteiger partial charge >= 0.3 is 6.09 Å². The molecule has 2 aromatic carbocycles. The van der Waals surface area contributed by atoms with Crippen molar-refractivity contribution in [2.45, 2.75) is 89.0 Å². The Hall–Kier alpha value is -3.13. The maximum atomic E-state index is 13.7. The van der Waals surface area contributed by atoms with Crippen molar-refractivity contribution in [3.63, 3.8) is 0 Å². The van der Waals surface area contributed by atoms with Gasteiger partial charge in [0.05, 0.1) is 24.2 Å². The minimum Gasteiger partial charge on any atom is -0.497 e. The number of aliphatic hydroxyl groups is 1. The van der Waals surface area contributed by atoms with Gasteiger partial charge in [0.1, 0.15) is 17.0 Å². The van der Waals surface area contributed by atoms with E-state index in [1.807, 2.05) is 19.9 Å². The van der Waals surface area contributed by atoms with Gasteiger partial charge in [0.25, 0.3) is 0 Å². The quantitative estimate of drug-likeness (QED) is 0.297. The number of rotatable bonds is 13. The molecule has 0 aliphatic rings. The fourth-order valence-electron chi connectivity index (χ4n) is 4.13. The van der Waals surface area contributed by atoms with Gasteiger partial charge in [0.2, 0.25) is 10.0 Å². The molecule has 10 heteroatoms. The van der Waals surface area contributed by atoms with Crippen LogP contribution < -0.4 is 14.8 Å². The Kier molecular flexibility index (Phi) is 10.9. The third kappa shape index (κ3) is 10.2. The Balaban J connectivity index is 2.56. The first kappa shape index (κ1) is 32.1. The molecule has 9 nitrogen and oxygen atoms in total. The smallest absolute Gasteiger partial charge is 0.409 e. The number of aliphatic hydroxyl groups excluding tert-OH is 1. The molecule has 3 N–H and O–H groups in total. The topological polar surface area (TPSA) is 138 Å². The molecule has 2 atom stereocenters. The maximum Gasteiger partial charge on any atom is 0.409 e. The Bertz CT molecular complexity index is 1220. The van der Waals surface area contributed by atoms with E-state index in [9.17, 15) is 18.3 Å². The van der Waals surface area contributed by atoms with Gasteiger partial charge in [-0.05, 0) is 75.3 Å². The average Bonchev–Trinajstić information content (AvgIpc) is 2.85. The number of alkyl carbamates (subject to hydrolysis) is 1. The van der Waals surface area contributed by atoms with Crippen LogP contribution in [0.4, 0.5) is 4.79 Å². The predicted molar refractivity (Wildman–Crippen MR) is 149 cm³/mol. The normalized spacial score (nSPS) is 14.5. The number of hydrogen-bond acceptors (Lipinski definition) is 7. The fraction of sp³-hybridized carbons (Fsp3) is 0.517. The minimum atomic E-state index is -4.24. The van der Waals surface area contributed by atoms with Gasteiger partial charge in [-0.2, -0.15) is 9.98 Å². The lowest BCUT2D eigenvalue weighted by molar-refractivity contribution is 0.00964. The van der Waals surface area contributed by atoms with Crippen molar-refractivity contribution in [2.75, 3.05) is 7.11 Å². The highest BCUT2D eigenvalue weighted by molar-refractivity contribution is 7.89. The number of amides is 1. The number of benzene rings is 2. The van der Waals surface area contributed by atoms with Crippen molar-refractivity contribution in [2.24, 2.45) is 5.41 Å². The highest BCUT2D eigenvalue weighted by Gasteiger charge is 2.44. The van der Waals surface area contributed by atoms with Gasteiger partial charge in [-0.15, -0.1) is 0 Å². The second-order valence-electron chi connectivity index (χ2n) is 11.4. The van der Waals surface area contributed by atoms with E-state index in [0.717, 1.165) is 0 Å². The van der Waals surface area contributed by atoms with Crippen LogP contribution in [0.15, 0.2) is 59.5 Å². The van der Waals surface area contributed by atoms with E-state index >= 15 is 0 Å². The molecule has 1 amide bonds. The number of carbonyl (C=O) groups is 1. The molecule has 0 heterocycles. The number of nitriles is 1. The molecule has 0 saturated heterocycles. The van der Waals surface area contributed by atoms with Crippen LogP contribution in [-0.4, -0.2) is 44.1 Å². The number of sulfonamides is 1. The molecule has 0 spiro atoms. The molecule has 0 fully saturated rings. The molecule has 0 aromatic heterocycles. The van der Waals surface area contributed by atoms with E-state index in [-0.39, 0.29) is 23.2 Å². The summed E-state index contributed by atoms with van der Waals surface area (Å²) in [6, 6.07) is 16.9. The molecule has 0 saturated carbocycles. The molecule has 2 rings (SSSR count). The number of ether oxygens (including phenoxy) is 2. The molecule has 0 aliphatic heterocycles. The van der Waals surface area contributed by atoms with Crippen molar-refractivity contribution in [1.29, 1.82) is 5.26 Å². The summed E-state index contributed by atoms with van der Waals surface area (Å²) >= 11 is 0. The van der Waals surface area contributed by atoms with Crippen LogP contribution in [0.1, 0.15) is 65.9 Å². The zero-order chi connectivity index (χ0) is 29.3. The maximum absolute atomic E-state index is 13.7. The highest BCUT2D eigenvalue weighted by atomic mass is 32.2. The largest absolute Gasteiger partial charge is 0.497 e. The summed E-state index contributed by atoms with van der Waals surface area (Å²) in [5.41, 5.74) is -2.32. The van der Waals surface area contributed by atoms with Crippen LogP contribution in [0.3, 0.4) is 0 Å². The average molecular weight is 560 g/mol. The highest BCUT2D eigenvalue weighted by Crippen LogP contribution is 2.32. The van der Waals surface area contributed by atoms with Crippen molar-refractivity contribution >= 4 is 16.1 Å². The molecule has 2 aromatic rings. The zero-order valence-electron chi connectivity index (χ0n) is 23.7. The van der Waals surface area contributed by atoms with Crippen molar-refractivity contribution in [3.05, 3.63) is 60.2 Å². The van der Waals surface area contributed by atoms with Crippen molar-refractivity contribution in [1.82, 2.24) is 10.0 Å². The summed E-state index contributed by atoms with van der Waals surface area (Å²) in [6.45, 7) is 9.06. The summed E-state index contributed by atoms with van der Waals surface area (Å²) in [5.74, 6) is 0.482. The SMILES string of the molecule is COc1ccc(S(=O)(=O)NC(Cc2ccccc2)(NC(=O)OC(C)(C)C)C(O)CCC(C)(C)CCC#N)cc1. The fourth-order valence-corrected chi connectivity index (χ4v) is 5.48. The Labute approximate surface area is 232 Å². The van der Waals surface area contributed by atoms with Crippen molar-refractivity contribution < 1.29 is 27.8 Å². The Morgan fingerprint density at radius 2 is 1.64 bits per heavy atom. The van der Waals surface area contributed by atoms with Gasteiger partial charge in [-0.3, -0.25) is 5.32 Å². The lowest BCUT2D eigenvalue weighted by atomic mass is 9.80. The van der Waals surface area contributed by atoms with Crippen LogP contribution in [0.5, 0.6) is 5.75 Å². The first-order chi connectivity index (χ1) is 18.1. The van der Waals surface area contributed by atoms with Crippen LogP contribution >= 0.6 is 0 Å². The summed E-state index contributed by atoms with van der Waals surface area (Å²) in [6.07, 6.45) is -0.684. The monoisotopic (exact) mass is 559 g/mol. The molecular weight excluding hydrogens is 518 g/mol. The van der Waals surface area contributed by atoms with Crippen LogP contribution in [0.2, 0.25) is 0 Å². The second-order valence-corrected chi connectivity index (χ2v) is 13.1. The summed E-state index contributed by atoms with van der Waals surface area (Å²) in [5, 5.41) is 23.4. The Morgan fingerprint density at radius 1 is 1.03 bits per heavy atom. The van der Waals surface area contributed by atoms with E-state index in [1.54, 1.807) is 45.0 Å². The van der Waals surface area contributed by atoms with Gasteiger partial charge in [-0.1, -0.05) is 44.2 Å². The Morgan fingerprint density at radius 3 is 2.18 bits per heavy atom. The molecule has 0 bridgehead atoms. The summed E-state index contributed by atoms with van der Waals surface area (Å²) in [7, 11) is -2.77. The first-order valence-corrected chi connectivity index (χ1v) is 14.4. The number of nitrogens with zero attached hydrogens (tertiary/aromatic N) is 1. The first-order valence-electron chi connectivity index (χ1n) is 12.9. The third-order valence-corrected chi connectivity index (χ3v) is 7.84. The van der Waals surface area contributed by atoms with Gasteiger partial charge in [0.15, 0.2) is 0 Å². The number of methoxy groups -OCH3 is 1. The molecule has 214 valence electrons. The number of carbonyl (C=O) groups excluding carboxylic acids is 1. The number of nitrogens with one attached hydrogen (secondary N) is 2. The van der Waals surface area contributed by atoms with Crippen LogP contribution in [0.25, 0.3) is 0 Å². The van der Waals surface area contributed by atoms with Crippen LogP contribution in [-0.2, 0) is 21.2 Å². The van der Waals surface area contributed by atoms with E-state index in [0.29, 0.717) is 30.6 Å². The van der Waals surface area contributed by atoms with E-state index in [2.05, 4.69) is 16.1 Å². The predicted octanol–water partition coefficient (Wildman–Crippen LogP) is 4.91. The summed E-state index contributed by atoms with van der Waals surface area (Å²) < 4.78 is 40.6. The van der Waals surface area contributed by atoms with Gasteiger partial charge in [0, 0.05) is 12.8 Å². The lowest BCUT2D eigenvalue weighted by Gasteiger charge is -2.40. The van der Waals surface area contributed by atoms with E-state index in [4.69, 9.17) is 14.7 Å². The summed E-state index contributed by atoms with van der Waals surface area (Å²) in [4.78, 5) is 13.0. The molecule has 39 heavy (non-hydrogen) atoms. The third-order valence-electron chi connectivity index (χ3n) is 6.31. The number of hydrogen-bond donors (Lipinski definition) is 3. The molecule has 0 radical (unpaired) electrons. The molecule has 2 unspecified atom stereocenters. The van der Waals surface area contributed by atoms with Crippen LogP contribution in [0, 0.1) is 16.7 Å². The van der Waals surface area contributed by atoms with Crippen molar-refractivity contribution in [3.8, 4) is 11.8 Å². The minimum absolute atomic E-state index is 0.0533. The molecule has 0 aliphatic carbocycles. The lowest BCUT2D eigenvalue weighted by Crippen LogP contribution is -2.68. The van der Waals surface area contributed by atoms with E-state index in [1.165, 1.54) is 31.4 Å². The zero-order valence-corrected chi connectivity index (χ0v) is 24.5. The molecular formula is C29H41N3O6S. The standard InChI is InChI=1S/C29H41N3O6S/c1-27(2,3)38-26(34)31-29(21-22-11-8-7-9-12-22,25(33)17-19-28(4,5)18-10-20-30)32-39(35,36)24-15-13-23(37-6)14-16-24/h7-9,11-16,25,32-33H,10,17-19,21H2,1-6H3,(H,31,34). The van der Waals surface area contributed by atoms with E-state index < -0.39 is 33.5 Å². The second kappa shape index (κ2) is 13.3.